The van der Waals surface area contributed by atoms with Crippen molar-refractivity contribution in [1.82, 2.24) is 18.3 Å². The molecule has 0 saturated carbocycles. The highest BCUT2D eigenvalue weighted by Gasteiger charge is 2.43. The van der Waals surface area contributed by atoms with Gasteiger partial charge >= 0.3 is 36.2 Å². The molecule has 0 unspecified atom stereocenters. The normalized spacial score (nSPS) is 11.9. The number of aromatic hydroxyl groups is 2. The van der Waals surface area contributed by atoms with Crippen LogP contribution in [0.15, 0.2) is 97.8 Å². The fourth-order valence-electron chi connectivity index (χ4n) is 7.68. The number of carboxylic acid groups (broad SMARTS) is 4. The first-order chi connectivity index (χ1) is 35.5. The number of alkyl halides is 6. The number of carboxylic acids is 4. The van der Waals surface area contributed by atoms with E-state index < -0.39 is 196 Å². The Balaban J connectivity index is 1.27. The van der Waals surface area contributed by atoms with Gasteiger partial charge in [-0.2, -0.15) is 31.6 Å². The summed E-state index contributed by atoms with van der Waals surface area (Å²) >= 11 is 0. The van der Waals surface area contributed by atoms with Gasteiger partial charge in [0.15, 0.2) is 17.3 Å². The number of hydrogen-bond donors (Lipinski definition) is 6. The van der Waals surface area contributed by atoms with Crippen molar-refractivity contribution in [2.24, 2.45) is 20.5 Å². The number of nitrogens with zero attached hydrogens (tertiary/aromatic N) is 10. The molecule has 4 aromatic heterocycles. The lowest BCUT2D eigenvalue weighted by molar-refractivity contribution is -0.138. The Labute approximate surface area is 410 Å². The smallest absolute Gasteiger partial charge is 0.420 e. The number of azo groups is 2. The van der Waals surface area contributed by atoms with E-state index in [2.05, 4.69) is 25.3 Å². The number of aromatic nitrogens is 4. The maximum Gasteiger partial charge on any atom is 0.420 e. The Bertz CT molecular complexity index is 3920. The zero-order valence-electron chi connectivity index (χ0n) is 37.0. The first kappa shape index (κ1) is 52.9. The van der Waals surface area contributed by atoms with Gasteiger partial charge in [0.2, 0.25) is 5.88 Å². The fourth-order valence-corrected chi connectivity index (χ4v) is 7.68. The second kappa shape index (κ2) is 19.3. The summed E-state index contributed by atoms with van der Waals surface area (Å²) in [6.45, 7) is 3.13. The van der Waals surface area contributed by atoms with E-state index >= 15 is 0 Å². The Kier molecular flexibility index (Phi) is 13.4. The van der Waals surface area contributed by atoms with E-state index in [0.29, 0.717) is 33.4 Å². The standard InChI is InChI=1S/C44H22F6N10O16/c1-52-28-27(44(48,49)50)30(56-54-25-11-16(40(71)72)3-5-18(25)42(75)76)38(68)60(36(28)66)9-7-58-33(63)21-12-19-20(13-22(21)34(58)64)32(62)57(31(19)61)6-8-59-35(65)23(14-51)26(43(45,46)47)29(37(59)67)55-53-24-10-15(39(69)70)2-4-17(24)41(73)74/h2-5,10-13,65-66H,6-9H2,(H,69,70)(H,71,72)(H,73,74)(H,75,76). The molecule has 0 aliphatic rings. The largest absolute Gasteiger partial charge is 0.503 e. The van der Waals surface area contributed by atoms with Crippen molar-refractivity contribution in [3.63, 3.8) is 0 Å². The van der Waals surface area contributed by atoms with E-state index in [9.17, 15) is 110 Å². The summed E-state index contributed by atoms with van der Waals surface area (Å²) in [4.78, 5) is 131. The summed E-state index contributed by atoms with van der Waals surface area (Å²) < 4.78 is 87.2. The summed E-state index contributed by atoms with van der Waals surface area (Å²) in [6.07, 6.45) is -11.3. The molecule has 0 saturated heterocycles. The highest BCUT2D eigenvalue weighted by atomic mass is 19.4. The van der Waals surface area contributed by atoms with Gasteiger partial charge in [-0.15, -0.1) is 20.5 Å². The fraction of sp³-hybridized carbons (Fsp3) is 0.136. The third kappa shape index (κ3) is 9.14. The maximum atomic E-state index is 14.4. The van der Waals surface area contributed by atoms with Crippen molar-refractivity contribution in [2.45, 2.75) is 38.5 Å². The van der Waals surface area contributed by atoms with Gasteiger partial charge in [0.1, 0.15) is 28.6 Å². The van der Waals surface area contributed by atoms with Gasteiger partial charge in [0, 0.05) is 26.2 Å². The zero-order valence-corrected chi connectivity index (χ0v) is 37.0. The summed E-state index contributed by atoms with van der Waals surface area (Å²) in [5.41, 5.74) is -24.6. The summed E-state index contributed by atoms with van der Waals surface area (Å²) in [5.74, 6) is -10.1. The predicted molar refractivity (Wildman–Crippen MR) is 240 cm³/mol. The number of aromatic carboxylic acids is 4. The van der Waals surface area contributed by atoms with Crippen LogP contribution in [0, 0.1) is 17.9 Å². The summed E-state index contributed by atoms with van der Waals surface area (Å²) in [5, 5.41) is 79.6. The lowest BCUT2D eigenvalue weighted by atomic mass is 10.1. The van der Waals surface area contributed by atoms with Gasteiger partial charge in [-0.3, -0.25) is 47.0 Å². The number of rotatable bonds is 14. The molecule has 32 heteroatoms. The van der Waals surface area contributed by atoms with Crippen LogP contribution in [-0.2, 0) is 38.5 Å². The summed E-state index contributed by atoms with van der Waals surface area (Å²) in [7, 11) is 0. The number of carbonyl (C=O) groups is 4. The van der Waals surface area contributed by atoms with Crippen molar-refractivity contribution < 1.29 is 76.2 Å². The van der Waals surface area contributed by atoms with Crippen LogP contribution in [0.1, 0.15) is 58.1 Å². The van der Waals surface area contributed by atoms with E-state index in [0.717, 1.165) is 30.3 Å². The zero-order chi connectivity index (χ0) is 56.2. The van der Waals surface area contributed by atoms with Crippen molar-refractivity contribution in [3.8, 4) is 17.8 Å². The van der Waals surface area contributed by atoms with Crippen LogP contribution in [0.3, 0.4) is 0 Å². The Morgan fingerprint density at radius 1 is 0.526 bits per heavy atom. The maximum absolute atomic E-state index is 14.4. The molecular weight excluding hydrogens is 1040 g/mol. The van der Waals surface area contributed by atoms with Crippen molar-refractivity contribution in [3.05, 3.63) is 161 Å². The van der Waals surface area contributed by atoms with Gasteiger partial charge in [-0.1, -0.05) is 0 Å². The molecule has 0 aliphatic heterocycles. The second-order valence-corrected chi connectivity index (χ2v) is 15.5. The third-order valence-electron chi connectivity index (χ3n) is 11.2. The number of halogens is 6. The number of fused-ring (bicyclic) bond motifs is 2. The number of nitriles is 1. The molecule has 0 bridgehead atoms. The first-order valence-electron chi connectivity index (χ1n) is 20.4. The Morgan fingerprint density at radius 2 is 0.882 bits per heavy atom. The van der Waals surface area contributed by atoms with Crippen LogP contribution in [0.5, 0.6) is 11.8 Å². The average molecular weight is 1060 g/mol. The number of hydrogen-bond acceptors (Lipinski definition) is 17. The molecular formula is C44H22F6N10O16. The van der Waals surface area contributed by atoms with E-state index in [1.807, 2.05) is 0 Å². The molecule has 0 aliphatic carbocycles. The minimum absolute atomic E-state index is 0.0599. The van der Waals surface area contributed by atoms with E-state index in [4.69, 9.17) is 6.57 Å². The van der Waals surface area contributed by atoms with Crippen LogP contribution in [-0.4, -0.2) is 72.8 Å². The number of benzene rings is 3. The van der Waals surface area contributed by atoms with Gasteiger partial charge in [0.25, 0.3) is 39.0 Å². The average Bonchev–Trinajstić information content (AvgIpc) is 3.72. The molecule has 0 fully saturated rings. The molecule has 76 heavy (non-hydrogen) atoms. The number of pyridine rings is 2. The quantitative estimate of drug-likeness (QED) is 0.0467. The lowest BCUT2D eigenvalue weighted by Gasteiger charge is -2.17. The van der Waals surface area contributed by atoms with Crippen molar-refractivity contribution >= 4 is 73.9 Å². The van der Waals surface area contributed by atoms with E-state index in [1.54, 1.807) is 0 Å². The molecule has 0 amide bonds. The molecule has 0 atom stereocenters. The topological polar surface area (TPSA) is 389 Å². The molecule has 3 aromatic carbocycles. The van der Waals surface area contributed by atoms with Crippen molar-refractivity contribution in [2.75, 3.05) is 0 Å². The van der Waals surface area contributed by atoms with Crippen molar-refractivity contribution in [1.29, 1.82) is 5.26 Å². The molecule has 0 spiro atoms. The van der Waals surface area contributed by atoms with Gasteiger partial charge in [0.05, 0.1) is 55.9 Å². The van der Waals surface area contributed by atoms with Gasteiger partial charge in [-0.25, -0.2) is 24.0 Å². The minimum atomic E-state index is -5.65. The highest BCUT2D eigenvalue weighted by Crippen LogP contribution is 2.46. The van der Waals surface area contributed by atoms with E-state index in [1.165, 1.54) is 0 Å². The summed E-state index contributed by atoms with van der Waals surface area (Å²) in [6, 6.07) is 6.73. The van der Waals surface area contributed by atoms with Crippen LogP contribution in [0.2, 0.25) is 0 Å². The third-order valence-corrected chi connectivity index (χ3v) is 11.2. The SMILES string of the molecule is [C-]#[N+]c1c(C(F)(F)F)c(N=Nc2cc(C(=O)O)ccc2C(=O)O)c(=O)n(CCn2c(=O)c3cc4c(=O)n(CCn5c(O)c(C#N)c(C(F)(F)F)c(N=Nc6cc(C(=O)O)ccc6C(=O)O)c5=O)c(=O)c4cc3c2=O)c1O. The van der Waals surface area contributed by atoms with Crippen LogP contribution >= 0.6 is 0 Å². The second-order valence-electron chi connectivity index (χ2n) is 15.5. The van der Waals surface area contributed by atoms with Crippen LogP contribution in [0.25, 0.3) is 26.4 Å². The van der Waals surface area contributed by atoms with Crippen LogP contribution < -0.4 is 33.4 Å². The Hall–Kier alpha value is -10.9. The van der Waals surface area contributed by atoms with E-state index in [-0.39, 0.29) is 9.13 Å². The molecule has 4 heterocycles. The monoisotopic (exact) mass is 1060 g/mol. The lowest BCUT2D eigenvalue weighted by Crippen LogP contribution is -2.31. The van der Waals surface area contributed by atoms with Gasteiger partial charge < -0.3 is 30.6 Å². The molecule has 7 rings (SSSR count). The minimum Gasteiger partial charge on any atom is -0.503 e. The van der Waals surface area contributed by atoms with Crippen LogP contribution in [0.4, 0.5) is 54.8 Å². The molecule has 7 aromatic rings. The Morgan fingerprint density at radius 3 is 1.21 bits per heavy atom. The molecule has 0 radical (unpaired) electrons. The first-order valence-corrected chi connectivity index (χ1v) is 20.4. The van der Waals surface area contributed by atoms with Gasteiger partial charge in [-0.05, 0) is 48.5 Å². The predicted octanol–water partition coefficient (Wildman–Crippen LogP) is 5.13. The molecule has 26 nitrogen and oxygen atoms in total. The molecule has 6 N–H and O–H groups in total. The molecule has 386 valence electrons. The highest BCUT2D eigenvalue weighted by molar-refractivity contribution is 5.99.